The van der Waals surface area contributed by atoms with E-state index in [0.717, 1.165) is 4.34 Å². The molecule has 2 aromatic rings. The second kappa shape index (κ2) is 9.18. The second-order valence-corrected chi connectivity index (χ2v) is 11.9. The zero-order valence-electron chi connectivity index (χ0n) is 15.0. The first-order valence-electron chi connectivity index (χ1n) is 8.46. The van der Waals surface area contributed by atoms with Gasteiger partial charge in [-0.3, -0.25) is 18.7 Å². The zero-order valence-corrected chi connectivity index (χ0v) is 19.1. The predicted molar refractivity (Wildman–Crippen MR) is 116 cm³/mol. The standard InChI is InChI=1S/C16H14N4O5S5/c21-9(6-30(25)10-2-1-3-26-10)18-11-13(22)20-12(15(23)24)8(4-27-14(11)20)5-28-16-19-17-7-29-16/h1-3,7,11,14H,4-6H2,(H,18,21)(H,23,24)/t11?,14-,30?/m0/s1. The number of hydrogen-bond acceptors (Lipinski definition) is 10. The number of carboxylic acid groups (broad SMARTS) is 1. The fraction of sp³-hybridized carbons (Fsp3) is 0.312. The van der Waals surface area contributed by atoms with Crippen LogP contribution in [0.2, 0.25) is 0 Å². The summed E-state index contributed by atoms with van der Waals surface area (Å²) in [6, 6.07) is 2.61. The molecular formula is C16H14N4O5S5. The SMILES string of the molecule is O=C(CS(=O)c1cccs1)NC1C(=O)N2C(C(=O)O)=C(CSc3nncs3)CS[C@@H]12. The van der Waals surface area contributed by atoms with Crippen molar-refractivity contribution >= 4 is 74.8 Å². The summed E-state index contributed by atoms with van der Waals surface area (Å²) in [5.41, 5.74) is 2.19. The Balaban J connectivity index is 1.41. The molecule has 0 aliphatic carbocycles. The number of β-lactam (4-membered cyclic amide) rings is 1. The largest absolute Gasteiger partial charge is 0.477 e. The van der Waals surface area contributed by atoms with Gasteiger partial charge in [0.15, 0.2) is 4.34 Å². The molecule has 2 aliphatic rings. The molecule has 2 unspecified atom stereocenters. The van der Waals surface area contributed by atoms with Gasteiger partial charge in [0.1, 0.15) is 28.4 Å². The van der Waals surface area contributed by atoms with E-state index in [1.807, 2.05) is 0 Å². The summed E-state index contributed by atoms with van der Waals surface area (Å²) in [5.74, 6) is -1.58. The smallest absolute Gasteiger partial charge is 0.352 e. The highest BCUT2D eigenvalue weighted by molar-refractivity contribution is 8.01. The van der Waals surface area contributed by atoms with E-state index in [1.54, 1.807) is 23.0 Å². The van der Waals surface area contributed by atoms with E-state index in [2.05, 4.69) is 15.5 Å². The van der Waals surface area contributed by atoms with E-state index in [4.69, 9.17) is 0 Å². The fourth-order valence-corrected chi connectivity index (χ4v) is 7.86. The predicted octanol–water partition coefficient (Wildman–Crippen LogP) is 1.24. The van der Waals surface area contributed by atoms with Crippen molar-refractivity contribution in [1.82, 2.24) is 20.4 Å². The molecule has 4 heterocycles. The molecule has 0 radical (unpaired) electrons. The van der Waals surface area contributed by atoms with Crippen molar-refractivity contribution in [3.8, 4) is 0 Å². The van der Waals surface area contributed by atoms with Gasteiger partial charge in [0.2, 0.25) is 5.91 Å². The van der Waals surface area contributed by atoms with E-state index < -0.39 is 40.0 Å². The van der Waals surface area contributed by atoms with Crippen LogP contribution in [0.4, 0.5) is 0 Å². The van der Waals surface area contributed by atoms with Gasteiger partial charge in [-0.05, 0) is 17.0 Å². The van der Waals surface area contributed by atoms with Crippen molar-refractivity contribution in [3.05, 3.63) is 34.3 Å². The minimum Gasteiger partial charge on any atom is -0.477 e. The van der Waals surface area contributed by atoms with Crippen LogP contribution in [0.1, 0.15) is 0 Å². The van der Waals surface area contributed by atoms with Gasteiger partial charge >= 0.3 is 5.97 Å². The summed E-state index contributed by atoms with van der Waals surface area (Å²) in [6.45, 7) is 0. The molecule has 0 bridgehead atoms. The van der Waals surface area contributed by atoms with E-state index in [1.165, 1.54) is 51.1 Å². The molecule has 2 aromatic heterocycles. The van der Waals surface area contributed by atoms with Gasteiger partial charge in [-0.25, -0.2) is 4.79 Å². The minimum atomic E-state index is -1.48. The molecule has 14 heteroatoms. The molecule has 158 valence electrons. The lowest BCUT2D eigenvalue weighted by Crippen LogP contribution is -2.70. The number of nitrogens with zero attached hydrogens (tertiary/aromatic N) is 3. The summed E-state index contributed by atoms with van der Waals surface area (Å²) in [4.78, 5) is 38.0. The number of nitrogens with one attached hydrogen (secondary N) is 1. The number of carbonyl (C=O) groups is 3. The number of thioether (sulfide) groups is 2. The highest BCUT2D eigenvalue weighted by Gasteiger charge is 2.54. The van der Waals surface area contributed by atoms with Crippen LogP contribution in [0.5, 0.6) is 0 Å². The molecule has 3 atom stereocenters. The molecule has 1 fully saturated rings. The van der Waals surface area contributed by atoms with Crippen LogP contribution in [0.25, 0.3) is 0 Å². The summed E-state index contributed by atoms with van der Waals surface area (Å²) in [7, 11) is -1.48. The molecule has 2 N–H and O–H groups in total. The first kappa shape index (κ1) is 21.5. The Morgan fingerprint density at radius 3 is 2.90 bits per heavy atom. The molecule has 4 rings (SSSR count). The van der Waals surface area contributed by atoms with Gasteiger partial charge in [0, 0.05) is 11.5 Å². The molecule has 0 aromatic carbocycles. The Hall–Kier alpha value is -1.74. The van der Waals surface area contributed by atoms with Gasteiger partial charge < -0.3 is 10.4 Å². The van der Waals surface area contributed by atoms with Crippen LogP contribution >= 0.6 is 46.2 Å². The molecule has 0 spiro atoms. The van der Waals surface area contributed by atoms with Gasteiger partial charge in [0.25, 0.3) is 5.91 Å². The third-order valence-corrected chi connectivity index (χ3v) is 10.2. The number of fused-ring (bicyclic) bond motifs is 1. The Morgan fingerprint density at radius 2 is 2.23 bits per heavy atom. The van der Waals surface area contributed by atoms with Crippen LogP contribution in [0.15, 0.2) is 42.8 Å². The van der Waals surface area contributed by atoms with Crippen LogP contribution in [0.3, 0.4) is 0 Å². The van der Waals surface area contributed by atoms with Crippen molar-refractivity contribution in [2.24, 2.45) is 0 Å². The van der Waals surface area contributed by atoms with E-state index in [-0.39, 0.29) is 11.4 Å². The lowest BCUT2D eigenvalue weighted by atomic mass is 10.0. The Bertz CT molecular complexity index is 1020. The number of hydrogen-bond donors (Lipinski definition) is 2. The summed E-state index contributed by atoms with van der Waals surface area (Å²) < 4.78 is 13.5. The molecule has 9 nitrogen and oxygen atoms in total. The molecule has 2 aliphatic heterocycles. The number of amides is 2. The van der Waals surface area contributed by atoms with Crippen molar-refractivity contribution in [1.29, 1.82) is 0 Å². The van der Waals surface area contributed by atoms with Crippen molar-refractivity contribution < 1.29 is 23.7 Å². The monoisotopic (exact) mass is 502 g/mol. The molecule has 30 heavy (non-hydrogen) atoms. The lowest BCUT2D eigenvalue weighted by Gasteiger charge is -2.49. The van der Waals surface area contributed by atoms with Gasteiger partial charge in [0.05, 0.1) is 15.0 Å². The van der Waals surface area contributed by atoms with E-state index in [0.29, 0.717) is 21.3 Å². The topological polar surface area (TPSA) is 130 Å². The lowest BCUT2D eigenvalue weighted by molar-refractivity contribution is -0.150. The molecule has 0 saturated carbocycles. The Morgan fingerprint density at radius 1 is 1.40 bits per heavy atom. The average Bonchev–Trinajstić information content (AvgIpc) is 3.43. The van der Waals surface area contributed by atoms with E-state index >= 15 is 0 Å². The van der Waals surface area contributed by atoms with Crippen LogP contribution in [-0.2, 0) is 25.2 Å². The summed E-state index contributed by atoms with van der Waals surface area (Å²) in [5, 5.41) is 21.2. The number of carbonyl (C=O) groups excluding carboxylic acids is 2. The molecule has 2 amide bonds. The Labute approximate surface area is 189 Å². The highest BCUT2D eigenvalue weighted by atomic mass is 32.2. The van der Waals surface area contributed by atoms with Crippen molar-refractivity contribution in [3.63, 3.8) is 0 Å². The quantitative estimate of drug-likeness (QED) is 0.404. The normalized spacial score (nSPS) is 21.7. The first-order valence-corrected chi connectivity index (χ1v) is 13.6. The highest BCUT2D eigenvalue weighted by Crippen LogP contribution is 2.41. The zero-order chi connectivity index (χ0) is 21.3. The number of rotatable bonds is 8. The van der Waals surface area contributed by atoms with Crippen LogP contribution in [0, 0.1) is 0 Å². The van der Waals surface area contributed by atoms with Crippen molar-refractivity contribution in [2.75, 3.05) is 17.3 Å². The number of aromatic nitrogens is 2. The van der Waals surface area contributed by atoms with Crippen LogP contribution < -0.4 is 5.32 Å². The summed E-state index contributed by atoms with van der Waals surface area (Å²) in [6.07, 6.45) is 0. The first-order chi connectivity index (χ1) is 14.5. The third kappa shape index (κ3) is 4.32. The van der Waals surface area contributed by atoms with Gasteiger partial charge in [-0.15, -0.1) is 33.3 Å². The minimum absolute atomic E-state index is 0.0339. The maximum absolute atomic E-state index is 12.6. The van der Waals surface area contributed by atoms with Crippen molar-refractivity contribution in [2.45, 2.75) is 20.0 Å². The third-order valence-electron chi connectivity index (χ3n) is 4.26. The number of carboxylic acids is 1. The van der Waals surface area contributed by atoms with Crippen LogP contribution in [-0.4, -0.2) is 70.9 Å². The number of thiophene rings is 1. The maximum Gasteiger partial charge on any atom is 0.352 e. The molecular weight excluding hydrogens is 489 g/mol. The van der Waals surface area contributed by atoms with Gasteiger partial charge in [-0.1, -0.05) is 29.2 Å². The Kier molecular flexibility index (Phi) is 6.57. The van der Waals surface area contributed by atoms with Gasteiger partial charge in [-0.2, -0.15) is 0 Å². The van der Waals surface area contributed by atoms with E-state index in [9.17, 15) is 23.7 Å². The second-order valence-electron chi connectivity index (χ2n) is 6.13. The molecule has 1 saturated heterocycles. The summed E-state index contributed by atoms with van der Waals surface area (Å²) >= 11 is 5.43. The fourth-order valence-electron chi connectivity index (χ4n) is 2.97. The maximum atomic E-state index is 12.6. The number of aliphatic carboxylic acids is 1. The average molecular weight is 503 g/mol.